The van der Waals surface area contributed by atoms with Crippen molar-refractivity contribution in [2.75, 3.05) is 13.6 Å². The van der Waals surface area contributed by atoms with Gasteiger partial charge >= 0.3 is 0 Å². The molecule has 0 saturated heterocycles. The zero-order chi connectivity index (χ0) is 18.6. The summed E-state index contributed by atoms with van der Waals surface area (Å²) in [5.41, 5.74) is 1.08. The zero-order valence-corrected chi connectivity index (χ0v) is 15.1. The van der Waals surface area contributed by atoms with Crippen LogP contribution in [0.25, 0.3) is 0 Å². The molecule has 25 heavy (non-hydrogen) atoms. The lowest BCUT2D eigenvalue weighted by Crippen LogP contribution is -2.43. The molecule has 7 nitrogen and oxygen atoms in total. The van der Waals surface area contributed by atoms with Crippen LogP contribution in [0, 0.1) is 0 Å². The zero-order valence-electron chi connectivity index (χ0n) is 14.4. The molecule has 0 radical (unpaired) electrons. The predicted octanol–water partition coefficient (Wildman–Crippen LogP) is 1.81. The molecule has 0 aliphatic rings. The molecule has 2 rings (SSSR count). The smallest absolute Gasteiger partial charge is 0.268 e. The van der Waals surface area contributed by atoms with Gasteiger partial charge in [-0.3, -0.25) is 14.4 Å². The van der Waals surface area contributed by atoms with Crippen LogP contribution in [0.1, 0.15) is 40.4 Å². The maximum Gasteiger partial charge on any atom is 0.268 e. The van der Waals surface area contributed by atoms with Gasteiger partial charge < -0.3 is 20.2 Å². The number of carbonyl (C=O) groups excluding carboxylic acids is 2. The minimum absolute atomic E-state index is 0.273. The number of carbonyl (C=O) groups is 2. The fraction of sp³-hybridized carbons (Fsp3) is 0.353. The summed E-state index contributed by atoms with van der Waals surface area (Å²) < 4.78 is 0. The molecular formula is C17H21ClN4O3. The van der Waals surface area contributed by atoms with Crippen molar-refractivity contribution < 1.29 is 9.59 Å². The molecule has 2 aromatic heterocycles. The van der Waals surface area contributed by atoms with Crippen molar-refractivity contribution >= 4 is 23.4 Å². The number of nitrogens with one attached hydrogen (secondary N) is 3. The lowest BCUT2D eigenvalue weighted by Gasteiger charge is -2.22. The molecule has 0 aromatic carbocycles. The predicted molar refractivity (Wildman–Crippen MR) is 96.1 cm³/mol. The Kier molecular flexibility index (Phi) is 6.03. The second kappa shape index (κ2) is 8.02. The summed E-state index contributed by atoms with van der Waals surface area (Å²) >= 11 is 5.78. The van der Waals surface area contributed by atoms with Crippen molar-refractivity contribution in [2.24, 2.45) is 0 Å². The highest BCUT2D eigenvalue weighted by molar-refractivity contribution is 6.30. The maximum atomic E-state index is 12.5. The normalized spacial score (nSPS) is 11.8. The van der Waals surface area contributed by atoms with Crippen LogP contribution in [0.5, 0.6) is 0 Å². The Bertz CT molecular complexity index is 827. The Labute approximate surface area is 150 Å². The Hall–Kier alpha value is -2.54. The lowest BCUT2D eigenvalue weighted by atomic mass is 10.1. The summed E-state index contributed by atoms with van der Waals surface area (Å²) in [6.45, 7) is 3.99. The Morgan fingerprint density at radius 1 is 1.32 bits per heavy atom. The van der Waals surface area contributed by atoms with E-state index in [0.717, 1.165) is 0 Å². The van der Waals surface area contributed by atoms with E-state index in [4.69, 9.17) is 11.6 Å². The van der Waals surface area contributed by atoms with Crippen LogP contribution in [0.3, 0.4) is 0 Å². The maximum absolute atomic E-state index is 12.5. The summed E-state index contributed by atoms with van der Waals surface area (Å²) in [5, 5.41) is 3.24. The van der Waals surface area contributed by atoms with Crippen molar-refractivity contribution in [1.29, 1.82) is 0 Å². The van der Waals surface area contributed by atoms with E-state index in [1.807, 2.05) is 6.92 Å². The van der Waals surface area contributed by atoms with Crippen molar-refractivity contribution in [3.63, 3.8) is 0 Å². The molecule has 134 valence electrons. The second-order valence-electron chi connectivity index (χ2n) is 5.90. The van der Waals surface area contributed by atoms with Gasteiger partial charge in [0.15, 0.2) is 0 Å². The van der Waals surface area contributed by atoms with Crippen LogP contribution in [-0.4, -0.2) is 46.3 Å². The van der Waals surface area contributed by atoms with Crippen LogP contribution in [-0.2, 0) is 6.42 Å². The summed E-state index contributed by atoms with van der Waals surface area (Å²) in [6, 6.07) is 4.20. The number of aromatic nitrogens is 2. The standard InChI is InChI=1S/C17H21ClN4O3/c1-4-13-5-11(6-15(23)21-13)17(25)22(3)9-10(2)20-16(24)14-7-12(18)8-19-14/h5-8,10,19H,4,9H2,1-3H3,(H,20,24)(H,21,23). The number of aryl methyl sites for hydroxylation is 1. The molecule has 2 amide bonds. The van der Waals surface area contributed by atoms with Crippen molar-refractivity contribution in [3.8, 4) is 0 Å². The highest BCUT2D eigenvalue weighted by Crippen LogP contribution is 2.09. The monoisotopic (exact) mass is 364 g/mol. The summed E-state index contributed by atoms with van der Waals surface area (Å²) in [4.78, 5) is 43.1. The van der Waals surface area contributed by atoms with Crippen molar-refractivity contribution in [1.82, 2.24) is 20.2 Å². The average molecular weight is 365 g/mol. The number of nitrogens with zero attached hydrogens (tertiary/aromatic N) is 1. The number of amides is 2. The Morgan fingerprint density at radius 2 is 2.04 bits per heavy atom. The molecule has 0 saturated carbocycles. The third-order valence-corrected chi connectivity index (χ3v) is 3.91. The van der Waals surface area contributed by atoms with E-state index in [1.54, 1.807) is 20.0 Å². The van der Waals surface area contributed by atoms with E-state index in [-0.39, 0.29) is 23.4 Å². The summed E-state index contributed by atoms with van der Waals surface area (Å²) in [6.07, 6.45) is 2.15. The molecule has 3 N–H and O–H groups in total. The van der Waals surface area contributed by atoms with E-state index in [9.17, 15) is 14.4 Å². The third-order valence-electron chi connectivity index (χ3n) is 3.69. The van der Waals surface area contributed by atoms with Crippen LogP contribution in [0.4, 0.5) is 0 Å². The van der Waals surface area contributed by atoms with E-state index in [0.29, 0.717) is 34.9 Å². The second-order valence-corrected chi connectivity index (χ2v) is 6.34. The summed E-state index contributed by atoms with van der Waals surface area (Å²) in [5.74, 6) is -0.575. The topological polar surface area (TPSA) is 98.1 Å². The van der Waals surface area contributed by atoms with Gasteiger partial charge in [0.05, 0.1) is 5.02 Å². The van der Waals surface area contributed by atoms with E-state index < -0.39 is 0 Å². The first-order chi connectivity index (χ1) is 11.8. The molecule has 0 aliphatic heterocycles. The fourth-order valence-corrected chi connectivity index (χ4v) is 2.64. The number of hydrogen-bond acceptors (Lipinski definition) is 3. The molecule has 2 aromatic rings. The number of likely N-dealkylation sites (N-methyl/N-ethyl adjacent to an activating group) is 1. The number of halogens is 1. The van der Waals surface area contributed by atoms with E-state index in [1.165, 1.54) is 23.2 Å². The molecule has 1 atom stereocenters. The van der Waals surface area contributed by atoms with Gasteiger partial charge in [-0.05, 0) is 25.5 Å². The third kappa shape index (κ3) is 4.96. The molecule has 2 heterocycles. The van der Waals surface area contributed by atoms with Gasteiger partial charge in [-0.15, -0.1) is 0 Å². The van der Waals surface area contributed by atoms with Gasteiger partial charge in [-0.2, -0.15) is 0 Å². The van der Waals surface area contributed by atoms with Gasteiger partial charge in [0.25, 0.3) is 11.8 Å². The van der Waals surface area contributed by atoms with Crippen molar-refractivity contribution in [2.45, 2.75) is 26.3 Å². The molecule has 0 spiro atoms. The minimum atomic E-state index is -0.305. The number of hydrogen-bond donors (Lipinski definition) is 3. The molecule has 1 unspecified atom stereocenters. The molecular weight excluding hydrogens is 344 g/mol. The van der Waals surface area contributed by atoms with Gasteiger partial charge in [0.2, 0.25) is 5.56 Å². The van der Waals surface area contributed by atoms with Gasteiger partial charge in [0, 0.05) is 43.2 Å². The van der Waals surface area contributed by atoms with Crippen LogP contribution >= 0.6 is 11.6 Å². The first-order valence-electron chi connectivity index (χ1n) is 7.93. The van der Waals surface area contributed by atoms with Crippen molar-refractivity contribution in [3.05, 3.63) is 56.7 Å². The van der Waals surface area contributed by atoms with Gasteiger partial charge in [-0.25, -0.2) is 0 Å². The Morgan fingerprint density at radius 3 is 2.64 bits per heavy atom. The number of H-pyrrole nitrogens is 2. The van der Waals surface area contributed by atoms with E-state index >= 15 is 0 Å². The first-order valence-corrected chi connectivity index (χ1v) is 8.31. The highest BCUT2D eigenvalue weighted by atomic mass is 35.5. The van der Waals surface area contributed by atoms with Crippen LogP contribution in [0.15, 0.2) is 29.2 Å². The van der Waals surface area contributed by atoms with E-state index in [2.05, 4.69) is 15.3 Å². The average Bonchev–Trinajstić information content (AvgIpc) is 2.99. The SMILES string of the molecule is CCc1cc(C(=O)N(C)CC(C)NC(=O)c2cc(Cl)c[nH]2)cc(=O)[nH]1. The van der Waals surface area contributed by atoms with Gasteiger partial charge in [0.1, 0.15) is 5.69 Å². The largest absolute Gasteiger partial charge is 0.356 e. The molecule has 0 aliphatic carbocycles. The number of rotatable bonds is 6. The first kappa shape index (κ1) is 18.8. The quantitative estimate of drug-likeness (QED) is 0.729. The summed E-state index contributed by atoms with van der Waals surface area (Å²) in [7, 11) is 1.63. The highest BCUT2D eigenvalue weighted by Gasteiger charge is 2.18. The minimum Gasteiger partial charge on any atom is -0.356 e. The lowest BCUT2D eigenvalue weighted by molar-refractivity contribution is 0.0768. The number of aromatic amines is 2. The molecule has 8 heteroatoms. The molecule has 0 bridgehead atoms. The van der Waals surface area contributed by atoms with Crippen LogP contribution in [0.2, 0.25) is 5.02 Å². The molecule has 0 fully saturated rings. The van der Waals surface area contributed by atoms with Crippen LogP contribution < -0.4 is 10.9 Å². The van der Waals surface area contributed by atoms with Gasteiger partial charge in [-0.1, -0.05) is 18.5 Å². The fourth-order valence-electron chi connectivity index (χ4n) is 2.48. The number of pyridine rings is 1. The Balaban J connectivity index is 1.99.